The summed E-state index contributed by atoms with van der Waals surface area (Å²) in [6, 6.07) is 40.8. The van der Waals surface area contributed by atoms with Crippen molar-refractivity contribution in [3.05, 3.63) is 137 Å². The molecule has 0 aliphatic carbocycles. The van der Waals surface area contributed by atoms with E-state index in [0.717, 1.165) is 43.9 Å². The summed E-state index contributed by atoms with van der Waals surface area (Å²) in [5.74, 6) is 0. The third-order valence-corrected chi connectivity index (χ3v) is 9.86. The molecule has 0 radical (unpaired) electrons. The Labute approximate surface area is 280 Å². The third kappa shape index (κ3) is 4.34. The Morgan fingerprint density at radius 2 is 1.15 bits per heavy atom. The van der Waals surface area contributed by atoms with Crippen molar-refractivity contribution < 1.29 is 0 Å². The van der Waals surface area contributed by atoms with Crippen LogP contribution in [0.5, 0.6) is 0 Å². The largest absolute Gasteiger partial charge is 0.318 e. The first kappa shape index (κ1) is 29.6. The number of fused-ring (bicyclic) bond motifs is 8. The Morgan fingerprint density at radius 3 is 1.75 bits per heavy atom. The van der Waals surface area contributed by atoms with Gasteiger partial charge in [-0.1, -0.05) is 102 Å². The first-order valence-corrected chi connectivity index (χ1v) is 16.5. The fourth-order valence-electron chi connectivity index (χ4n) is 7.35. The Balaban J connectivity index is 1.46. The molecular weight excluding hydrogens is 585 g/mol. The number of hydrogen-bond acceptors (Lipinski definition) is 1. The molecule has 0 bridgehead atoms. The molecule has 0 spiro atoms. The maximum absolute atomic E-state index is 10.8. The molecule has 0 atom stereocenters. The van der Waals surface area contributed by atoms with Crippen LogP contribution in [0.3, 0.4) is 0 Å². The number of para-hydroxylation sites is 1. The Bertz CT molecular complexity index is 2600. The fourth-order valence-corrected chi connectivity index (χ4v) is 7.35. The van der Waals surface area contributed by atoms with Crippen LogP contribution in [-0.4, -0.2) is 9.13 Å². The van der Waals surface area contributed by atoms with Crippen molar-refractivity contribution in [2.45, 2.75) is 52.4 Å². The number of nitrogens with zero attached hydrogens (tertiary/aromatic N) is 4. The van der Waals surface area contributed by atoms with E-state index >= 15 is 0 Å². The number of rotatable bonds is 2. The molecule has 8 aromatic rings. The molecule has 232 valence electrons. The first-order chi connectivity index (χ1) is 23.0. The summed E-state index contributed by atoms with van der Waals surface area (Å²) in [5.41, 5.74) is 8.81. The molecule has 8 rings (SSSR count). The van der Waals surface area contributed by atoms with Crippen LogP contribution < -0.4 is 0 Å². The van der Waals surface area contributed by atoms with Crippen LogP contribution in [-0.2, 0) is 10.8 Å². The summed E-state index contributed by atoms with van der Waals surface area (Å²) < 4.78 is 4.34. The zero-order valence-corrected chi connectivity index (χ0v) is 28.2. The van der Waals surface area contributed by atoms with Crippen LogP contribution >= 0.6 is 0 Å². The molecular formula is C44H36N4. The summed E-state index contributed by atoms with van der Waals surface area (Å²) >= 11 is 0. The predicted molar refractivity (Wildman–Crippen MR) is 201 cm³/mol. The van der Waals surface area contributed by atoms with Gasteiger partial charge in [0.15, 0.2) is 0 Å². The van der Waals surface area contributed by atoms with Gasteiger partial charge in [-0.15, -0.1) is 0 Å². The van der Waals surface area contributed by atoms with E-state index in [1.165, 1.54) is 27.3 Å². The summed E-state index contributed by atoms with van der Waals surface area (Å²) in [6.45, 7) is 21.8. The SMILES string of the molecule is [C-]#[N+]c1cc(-n2c3ccccc3c3c4ccccc4ccc32)cc(C#N)c1-n1c2ccc(C(C)(C)C)cc2c2cc(C(C)(C)C)ccc21. The molecule has 2 heterocycles. The minimum atomic E-state index is -0.0287. The second kappa shape index (κ2) is 10.3. The zero-order chi connectivity index (χ0) is 33.5. The fraction of sp³-hybridized carbons (Fsp3) is 0.182. The maximum Gasteiger partial charge on any atom is 0.214 e. The van der Waals surface area contributed by atoms with Crippen molar-refractivity contribution in [1.29, 1.82) is 5.26 Å². The van der Waals surface area contributed by atoms with Crippen LogP contribution in [0.2, 0.25) is 0 Å². The van der Waals surface area contributed by atoms with Crippen LogP contribution in [0.15, 0.2) is 109 Å². The van der Waals surface area contributed by atoms with Crippen LogP contribution in [0.25, 0.3) is 70.6 Å². The van der Waals surface area contributed by atoms with Gasteiger partial charge in [0.2, 0.25) is 5.69 Å². The van der Waals surface area contributed by atoms with Gasteiger partial charge >= 0.3 is 0 Å². The van der Waals surface area contributed by atoms with E-state index in [0.29, 0.717) is 16.9 Å². The molecule has 0 unspecified atom stereocenters. The highest BCUT2D eigenvalue weighted by molar-refractivity contribution is 6.21. The summed E-state index contributed by atoms with van der Waals surface area (Å²) in [4.78, 5) is 4.11. The van der Waals surface area contributed by atoms with Crippen molar-refractivity contribution in [3.63, 3.8) is 0 Å². The van der Waals surface area contributed by atoms with Gasteiger partial charge < -0.3 is 9.13 Å². The van der Waals surface area contributed by atoms with Crippen LogP contribution in [0, 0.1) is 17.9 Å². The quantitative estimate of drug-likeness (QED) is 0.177. The summed E-state index contributed by atoms with van der Waals surface area (Å²) in [7, 11) is 0. The average Bonchev–Trinajstić information content (AvgIpc) is 3.59. The molecule has 4 nitrogen and oxygen atoms in total. The van der Waals surface area contributed by atoms with Gasteiger partial charge in [0.1, 0.15) is 6.07 Å². The number of nitriles is 1. The topological polar surface area (TPSA) is 38.0 Å². The van der Waals surface area contributed by atoms with Gasteiger partial charge in [0, 0.05) is 27.2 Å². The van der Waals surface area contributed by atoms with Gasteiger partial charge in [-0.05, 0) is 81.3 Å². The zero-order valence-electron chi connectivity index (χ0n) is 28.2. The molecule has 0 aliphatic heterocycles. The molecule has 0 saturated carbocycles. The lowest BCUT2D eigenvalue weighted by atomic mass is 9.85. The van der Waals surface area contributed by atoms with E-state index in [-0.39, 0.29) is 10.8 Å². The van der Waals surface area contributed by atoms with Crippen molar-refractivity contribution in [2.75, 3.05) is 0 Å². The van der Waals surface area contributed by atoms with Crippen molar-refractivity contribution >= 4 is 60.1 Å². The predicted octanol–water partition coefficient (Wildman–Crippen LogP) is 12.1. The molecule has 48 heavy (non-hydrogen) atoms. The summed E-state index contributed by atoms with van der Waals surface area (Å²) in [5, 5.41) is 17.7. The number of aromatic nitrogens is 2. The number of hydrogen-bond donors (Lipinski definition) is 0. The molecule has 0 aliphatic rings. The lowest BCUT2D eigenvalue weighted by Gasteiger charge is -2.19. The highest BCUT2D eigenvalue weighted by atomic mass is 15.0. The van der Waals surface area contributed by atoms with Crippen LogP contribution in [0.1, 0.15) is 58.2 Å². The highest BCUT2D eigenvalue weighted by Crippen LogP contribution is 2.43. The monoisotopic (exact) mass is 620 g/mol. The average molecular weight is 621 g/mol. The first-order valence-electron chi connectivity index (χ1n) is 16.5. The second-order valence-corrected chi connectivity index (χ2v) is 14.9. The van der Waals surface area contributed by atoms with Crippen molar-refractivity contribution in [1.82, 2.24) is 9.13 Å². The van der Waals surface area contributed by atoms with E-state index in [1.807, 2.05) is 18.2 Å². The molecule has 6 aromatic carbocycles. The second-order valence-electron chi connectivity index (χ2n) is 14.9. The van der Waals surface area contributed by atoms with Gasteiger partial charge in [-0.2, -0.15) is 5.26 Å². The molecule has 0 saturated heterocycles. The molecule has 4 heteroatoms. The van der Waals surface area contributed by atoms with Crippen molar-refractivity contribution in [3.8, 4) is 17.4 Å². The highest BCUT2D eigenvalue weighted by Gasteiger charge is 2.24. The Hall–Kier alpha value is -5.84. The van der Waals surface area contributed by atoms with E-state index in [1.54, 1.807) is 0 Å². The Kier molecular flexibility index (Phi) is 6.36. The standard InChI is InChI=1S/C44H36N4/c1-43(2,3)29-17-20-38-34(23-29)35-24-30(44(4,5)6)18-21-39(35)48(38)42-28(26-45)22-31(25-36(42)46-7)47-37-15-11-10-14-33(37)41-32-13-9-8-12-27(32)16-19-40(41)47/h8-25H,1-6H3. The molecule has 2 aromatic heterocycles. The smallest absolute Gasteiger partial charge is 0.214 e. The van der Waals surface area contributed by atoms with E-state index in [9.17, 15) is 5.26 Å². The third-order valence-electron chi connectivity index (χ3n) is 9.86. The maximum atomic E-state index is 10.8. The minimum Gasteiger partial charge on any atom is -0.318 e. The van der Waals surface area contributed by atoms with Gasteiger partial charge in [0.25, 0.3) is 0 Å². The van der Waals surface area contributed by atoms with E-state index < -0.39 is 0 Å². The van der Waals surface area contributed by atoms with E-state index in [4.69, 9.17) is 6.57 Å². The molecule has 0 N–H and O–H groups in total. The Morgan fingerprint density at radius 1 is 0.583 bits per heavy atom. The van der Waals surface area contributed by atoms with E-state index in [2.05, 4.69) is 153 Å². The minimum absolute atomic E-state index is 0.0287. The normalized spacial score (nSPS) is 12.3. The van der Waals surface area contributed by atoms with Gasteiger partial charge in [-0.25, -0.2) is 4.85 Å². The molecule has 0 amide bonds. The van der Waals surface area contributed by atoms with Crippen LogP contribution in [0.4, 0.5) is 5.69 Å². The number of benzene rings is 6. The summed E-state index contributed by atoms with van der Waals surface area (Å²) in [6.07, 6.45) is 0. The lowest BCUT2D eigenvalue weighted by Crippen LogP contribution is -2.10. The molecule has 0 fully saturated rings. The van der Waals surface area contributed by atoms with Gasteiger partial charge in [-0.3, -0.25) is 0 Å². The van der Waals surface area contributed by atoms with Crippen molar-refractivity contribution in [2.24, 2.45) is 0 Å². The van der Waals surface area contributed by atoms with Gasteiger partial charge in [0.05, 0.1) is 39.9 Å². The lowest BCUT2D eigenvalue weighted by molar-refractivity contribution is 0.590.